The van der Waals surface area contributed by atoms with Gasteiger partial charge in [0.05, 0.1) is 5.60 Å². The van der Waals surface area contributed by atoms with Gasteiger partial charge in [-0.15, -0.1) is 0 Å². The molecular formula is C15H24O3. The van der Waals surface area contributed by atoms with Crippen LogP contribution >= 0.6 is 0 Å². The van der Waals surface area contributed by atoms with E-state index in [1.54, 1.807) is 0 Å². The van der Waals surface area contributed by atoms with Crippen molar-refractivity contribution in [3.8, 4) is 0 Å². The van der Waals surface area contributed by atoms with Gasteiger partial charge in [-0.1, -0.05) is 13.0 Å². The molecule has 18 heavy (non-hydrogen) atoms. The summed E-state index contributed by atoms with van der Waals surface area (Å²) < 4.78 is 11.4. The van der Waals surface area contributed by atoms with Gasteiger partial charge in [0.15, 0.2) is 5.78 Å². The molecule has 2 fully saturated rings. The van der Waals surface area contributed by atoms with Crippen LogP contribution in [0.2, 0.25) is 0 Å². The molecule has 1 spiro atoms. The van der Waals surface area contributed by atoms with Crippen LogP contribution in [0.3, 0.4) is 0 Å². The Labute approximate surface area is 110 Å². The zero-order valence-electron chi connectivity index (χ0n) is 11.5. The number of Topliss-reactive ketones (excluding diaryl/α,β-unsaturated/α-hetero) is 1. The van der Waals surface area contributed by atoms with Crippen LogP contribution < -0.4 is 0 Å². The maximum absolute atomic E-state index is 12.4. The summed E-state index contributed by atoms with van der Waals surface area (Å²) in [6.07, 6.45) is 6.44. The zero-order chi connectivity index (χ0) is 13.0. The van der Waals surface area contributed by atoms with Crippen molar-refractivity contribution in [2.75, 3.05) is 19.8 Å². The van der Waals surface area contributed by atoms with E-state index in [1.807, 2.05) is 13.0 Å². The van der Waals surface area contributed by atoms with Gasteiger partial charge in [0.2, 0.25) is 0 Å². The van der Waals surface area contributed by atoms with Gasteiger partial charge < -0.3 is 9.47 Å². The number of allylic oxidation sites excluding steroid dienone is 2. The largest absolute Gasteiger partial charge is 0.381 e. The first-order valence-corrected chi connectivity index (χ1v) is 7.12. The number of rotatable bonds is 3. The lowest BCUT2D eigenvalue weighted by Gasteiger charge is -2.43. The zero-order valence-corrected chi connectivity index (χ0v) is 11.5. The van der Waals surface area contributed by atoms with Crippen LogP contribution in [0.4, 0.5) is 0 Å². The molecule has 0 N–H and O–H groups in total. The topological polar surface area (TPSA) is 35.5 Å². The lowest BCUT2D eigenvalue weighted by Crippen LogP contribution is -2.46. The molecule has 0 aliphatic carbocycles. The molecule has 0 aromatic rings. The van der Waals surface area contributed by atoms with Crippen LogP contribution in [-0.2, 0) is 14.3 Å². The molecule has 2 rings (SSSR count). The fraction of sp³-hybridized carbons (Fsp3) is 0.800. The van der Waals surface area contributed by atoms with Gasteiger partial charge in [0.1, 0.15) is 0 Å². The van der Waals surface area contributed by atoms with Crippen molar-refractivity contribution in [3.05, 3.63) is 11.6 Å². The average molecular weight is 252 g/mol. The molecule has 102 valence electrons. The van der Waals surface area contributed by atoms with Crippen molar-refractivity contribution >= 4 is 5.78 Å². The summed E-state index contributed by atoms with van der Waals surface area (Å²) in [6, 6.07) is 0. The Morgan fingerprint density at radius 2 is 2.06 bits per heavy atom. The monoisotopic (exact) mass is 252 g/mol. The van der Waals surface area contributed by atoms with Gasteiger partial charge >= 0.3 is 0 Å². The number of ether oxygens (including phenoxy) is 2. The Morgan fingerprint density at radius 3 is 2.67 bits per heavy atom. The predicted octanol–water partition coefficient (Wildman–Crippen LogP) is 2.89. The number of ketones is 1. The highest BCUT2D eigenvalue weighted by atomic mass is 16.5. The Morgan fingerprint density at radius 1 is 1.33 bits per heavy atom. The van der Waals surface area contributed by atoms with E-state index >= 15 is 0 Å². The molecule has 2 heterocycles. The Kier molecular flexibility index (Phi) is 4.57. The molecule has 2 aliphatic rings. The highest BCUT2D eigenvalue weighted by Gasteiger charge is 2.41. The highest BCUT2D eigenvalue weighted by molar-refractivity contribution is 5.97. The predicted molar refractivity (Wildman–Crippen MR) is 70.5 cm³/mol. The summed E-state index contributed by atoms with van der Waals surface area (Å²) in [5.74, 6) is 0.497. The molecule has 0 aromatic carbocycles. The smallest absolute Gasteiger partial charge is 0.161 e. The van der Waals surface area contributed by atoms with Gasteiger partial charge in [0.25, 0.3) is 0 Å². The van der Waals surface area contributed by atoms with Gasteiger partial charge in [-0.2, -0.15) is 0 Å². The van der Waals surface area contributed by atoms with Crippen LogP contribution in [0.5, 0.6) is 0 Å². The second-order valence-corrected chi connectivity index (χ2v) is 5.37. The molecule has 2 aliphatic heterocycles. The molecule has 2 saturated heterocycles. The summed E-state index contributed by atoms with van der Waals surface area (Å²) >= 11 is 0. The van der Waals surface area contributed by atoms with Crippen molar-refractivity contribution in [3.63, 3.8) is 0 Å². The minimum absolute atomic E-state index is 0.0799. The van der Waals surface area contributed by atoms with E-state index in [4.69, 9.17) is 9.47 Å². The lowest BCUT2D eigenvalue weighted by atomic mass is 9.77. The Hall–Kier alpha value is -0.670. The van der Waals surface area contributed by atoms with Crippen molar-refractivity contribution in [2.45, 2.75) is 51.6 Å². The van der Waals surface area contributed by atoms with Gasteiger partial charge in [-0.3, -0.25) is 4.79 Å². The summed E-state index contributed by atoms with van der Waals surface area (Å²) in [4.78, 5) is 12.4. The van der Waals surface area contributed by atoms with E-state index in [-0.39, 0.29) is 11.5 Å². The second kappa shape index (κ2) is 5.98. The number of carbonyl (C=O) groups excluding carboxylic acids is 1. The third kappa shape index (κ3) is 2.83. The Balaban J connectivity index is 2.04. The second-order valence-electron chi connectivity index (χ2n) is 5.37. The van der Waals surface area contributed by atoms with E-state index in [9.17, 15) is 4.79 Å². The first-order valence-electron chi connectivity index (χ1n) is 7.12. The number of hydrogen-bond donors (Lipinski definition) is 0. The minimum atomic E-state index is -0.0799. The Bertz CT molecular complexity index is 321. The maximum atomic E-state index is 12.4. The van der Waals surface area contributed by atoms with Gasteiger partial charge in [0, 0.05) is 25.7 Å². The number of carbonyl (C=O) groups is 1. The molecule has 3 nitrogen and oxygen atoms in total. The first-order chi connectivity index (χ1) is 8.71. The third-order valence-corrected chi connectivity index (χ3v) is 4.31. The molecule has 1 unspecified atom stereocenters. The SMILES string of the molecule is CC=C(CC)C(=O)C1CCOC2(CCOCC2)C1. The van der Waals surface area contributed by atoms with Crippen molar-refractivity contribution in [1.82, 2.24) is 0 Å². The third-order valence-electron chi connectivity index (χ3n) is 4.31. The van der Waals surface area contributed by atoms with E-state index in [0.717, 1.165) is 57.5 Å². The van der Waals surface area contributed by atoms with Crippen LogP contribution in [0.25, 0.3) is 0 Å². The summed E-state index contributed by atoms with van der Waals surface area (Å²) in [5.41, 5.74) is 0.896. The summed E-state index contributed by atoms with van der Waals surface area (Å²) in [5, 5.41) is 0. The van der Waals surface area contributed by atoms with Crippen molar-refractivity contribution in [2.24, 2.45) is 5.92 Å². The van der Waals surface area contributed by atoms with Gasteiger partial charge in [-0.05, 0) is 44.6 Å². The highest BCUT2D eigenvalue weighted by Crippen LogP contribution is 2.38. The molecule has 0 saturated carbocycles. The molecule has 3 heteroatoms. The standard InChI is InChI=1S/C15H24O3/c1-3-12(4-2)14(16)13-5-8-18-15(11-13)6-9-17-10-7-15/h3,13H,4-11H2,1-2H3. The van der Waals surface area contributed by atoms with Crippen molar-refractivity contribution < 1.29 is 14.3 Å². The molecular weight excluding hydrogens is 228 g/mol. The van der Waals surface area contributed by atoms with Gasteiger partial charge in [-0.25, -0.2) is 0 Å². The fourth-order valence-corrected chi connectivity index (χ4v) is 3.13. The number of hydrogen-bond acceptors (Lipinski definition) is 3. The first kappa shape index (κ1) is 13.8. The fourth-order valence-electron chi connectivity index (χ4n) is 3.13. The van der Waals surface area contributed by atoms with E-state index < -0.39 is 0 Å². The van der Waals surface area contributed by atoms with Crippen LogP contribution in [0.15, 0.2) is 11.6 Å². The molecule has 1 atom stereocenters. The summed E-state index contributed by atoms with van der Waals surface area (Å²) in [6.45, 7) is 6.27. The minimum Gasteiger partial charge on any atom is -0.381 e. The lowest BCUT2D eigenvalue weighted by molar-refractivity contribution is -0.155. The van der Waals surface area contributed by atoms with E-state index in [2.05, 4.69) is 6.92 Å². The van der Waals surface area contributed by atoms with Crippen LogP contribution in [0, 0.1) is 5.92 Å². The quantitative estimate of drug-likeness (QED) is 0.724. The molecule has 0 radical (unpaired) electrons. The van der Waals surface area contributed by atoms with Crippen molar-refractivity contribution in [1.29, 1.82) is 0 Å². The maximum Gasteiger partial charge on any atom is 0.161 e. The normalized spacial score (nSPS) is 28.3. The molecule has 0 bridgehead atoms. The average Bonchev–Trinajstić information content (AvgIpc) is 2.41. The molecule has 0 aromatic heterocycles. The van der Waals surface area contributed by atoms with E-state index in [1.165, 1.54) is 0 Å². The summed E-state index contributed by atoms with van der Waals surface area (Å²) in [7, 11) is 0. The van der Waals surface area contributed by atoms with Crippen LogP contribution in [-0.4, -0.2) is 31.2 Å². The van der Waals surface area contributed by atoms with Crippen LogP contribution in [0.1, 0.15) is 46.0 Å². The van der Waals surface area contributed by atoms with E-state index in [0.29, 0.717) is 5.78 Å². The molecule has 0 amide bonds.